The van der Waals surface area contributed by atoms with E-state index in [1.54, 1.807) is 4.90 Å². The van der Waals surface area contributed by atoms with Crippen molar-refractivity contribution in [2.45, 2.75) is 39.2 Å². The number of hydrogen-bond donors (Lipinski definition) is 1. The van der Waals surface area contributed by atoms with Gasteiger partial charge < -0.3 is 10.6 Å². The van der Waals surface area contributed by atoms with Crippen molar-refractivity contribution in [1.29, 1.82) is 0 Å². The molecule has 0 aromatic heterocycles. The SMILES string of the molecule is Cc1ccc(N2C(=O)C(Cc3ccccc3)N=C2N2CCC(C(N)=O)CC2)cc1C. The molecule has 1 atom stereocenters. The number of rotatable bonds is 4. The second-order valence-electron chi connectivity index (χ2n) is 8.24. The van der Waals surface area contributed by atoms with Gasteiger partial charge in [0.1, 0.15) is 6.04 Å². The quantitative estimate of drug-likeness (QED) is 0.851. The molecule has 6 heteroatoms. The number of carbonyl (C=O) groups excluding carboxylic acids is 2. The van der Waals surface area contributed by atoms with Crippen LogP contribution in [0.4, 0.5) is 5.69 Å². The molecule has 0 spiro atoms. The summed E-state index contributed by atoms with van der Waals surface area (Å²) in [5, 5.41) is 0. The van der Waals surface area contributed by atoms with Crippen molar-refractivity contribution in [2.75, 3.05) is 18.0 Å². The highest BCUT2D eigenvalue weighted by molar-refractivity contribution is 6.22. The van der Waals surface area contributed by atoms with Crippen molar-refractivity contribution in [3.05, 3.63) is 65.2 Å². The van der Waals surface area contributed by atoms with Crippen LogP contribution in [0.25, 0.3) is 0 Å². The van der Waals surface area contributed by atoms with Gasteiger partial charge in [-0.1, -0.05) is 36.4 Å². The molecule has 0 radical (unpaired) electrons. The Morgan fingerprint density at radius 1 is 1.07 bits per heavy atom. The molecule has 2 N–H and O–H groups in total. The first-order valence-corrected chi connectivity index (χ1v) is 10.5. The van der Waals surface area contributed by atoms with Gasteiger partial charge >= 0.3 is 0 Å². The second-order valence-corrected chi connectivity index (χ2v) is 8.24. The zero-order valence-corrected chi connectivity index (χ0v) is 17.5. The maximum atomic E-state index is 13.4. The minimum atomic E-state index is -0.446. The van der Waals surface area contributed by atoms with Gasteiger partial charge in [-0.05, 0) is 55.5 Å². The van der Waals surface area contributed by atoms with Crippen LogP contribution in [0.5, 0.6) is 0 Å². The maximum absolute atomic E-state index is 13.4. The van der Waals surface area contributed by atoms with Crippen molar-refractivity contribution in [3.63, 3.8) is 0 Å². The Bertz CT molecular complexity index is 978. The Labute approximate surface area is 177 Å². The summed E-state index contributed by atoms with van der Waals surface area (Å²) in [4.78, 5) is 33.7. The molecule has 0 bridgehead atoms. The zero-order valence-electron chi connectivity index (χ0n) is 17.5. The molecule has 6 nitrogen and oxygen atoms in total. The number of hydrogen-bond acceptors (Lipinski definition) is 4. The highest BCUT2D eigenvalue weighted by Gasteiger charge is 2.39. The summed E-state index contributed by atoms with van der Waals surface area (Å²) in [6.07, 6.45) is 1.95. The highest BCUT2D eigenvalue weighted by Crippen LogP contribution is 2.29. The number of aliphatic imine (C=N–C) groups is 1. The lowest BCUT2D eigenvalue weighted by atomic mass is 9.96. The van der Waals surface area contributed by atoms with Crippen LogP contribution in [0.1, 0.15) is 29.5 Å². The fraction of sp³-hybridized carbons (Fsp3) is 0.375. The standard InChI is InChI=1S/C24H28N4O2/c1-16-8-9-20(14-17(16)2)28-23(30)21(15-18-6-4-3-5-7-18)26-24(28)27-12-10-19(11-13-27)22(25)29/h3-9,14,19,21H,10-13,15H2,1-2H3,(H2,25,29). The Morgan fingerprint density at radius 3 is 2.40 bits per heavy atom. The molecule has 1 saturated heterocycles. The number of primary amides is 1. The van der Waals surface area contributed by atoms with E-state index in [9.17, 15) is 9.59 Å². The van der Waals surface area contributed by atoms with E-state index < -0.39 is 6.04 Å². The summed E-state index contributed by atoms with van der Waals surface area (Å²) in [6.45, 7) is 5.45. The number of piperidine rings is 1. The van der Waals surface area contributed by atoms with Gasteiger partial charge in [-0.2, -0.15) is 0 Å². The van der Waals surface area contributed by atoms with Crippen molar-refractivity contribution >= 4 is 23.5 Å². The lowest BCUT2D eigenvalue weighted by Crippen LogP contribution is -2.49. The average molecular weight is 405 g/mol. The first kappa shape index (κ1) is 20.1. The van der Waals surface area contributed by atoms with Crippen LogP contribution < -0.4 is 10.6 Å². The Kier molecular flexibility index (Phi) is 5.57. The number of amides is 2. The van der Waals surface area contributed by atoms with Crippen LogP contribution in [-0.2, 0) is 16.0 Å². The molecule has 2 aliphatic rings. The fourth-order valence-corrected chi connectivity index (χ4v) is 4.16. The van der Waals surface area contributed by atoms with Gasteiger partial charge in [-0.25, -0.2) is 9.89 Å². The van der Waals surface area contributed by atoms with Crippen molar-refractivity contribution < 1.29 is 9.59 Å². The molecule has 30 heavy (non-hydrogen) atoms. The number of benzene rings is 2. The molecular weight excluding hydrogens is 376 g/mol. The third kappa shape index (κ3) is 3.95. The van der Waals surface area contributed by atoms with E-state index in [2.05, 4.69) is 18.7 Å². The van der Waals surface area contributed by atoms with Gasteiger partial charge in [0.25, 0.3) is 5.91 Å². The van der Waals surface area contributed by atoms with Crippen LogP contribution in [0.3, 0.4) is 0 Å². The van der Waals surface area contributed by atoms with E-state index in [1.165, 1.54) is 5.56 Å². The monoisotopic (exact) mass is 404 g/mol. The lowest BCUT2D eigenvalue weighted by molar-refractivity contribution is -0.123. The summed E-state index contributed by atoms with van der Waals surface area (Å²) in [6, 6.07) is 15.6. The maximum Gasteiger partial charge on any atom is 0.259 e. The molecule has 0 saturated carbocycles. The molecule has 1 fully saturated rings. The Morgan fingerprint density at radius 2 is 1.77 bits per heavy atom. The number of anilines is 1. The Hall–Kier alpha value is -3.15. The van der Waals surface area contributed by atoms with Crippen LogP contribution in [0.15, 0.2) is 53.5 Å². The van der Waals surface area contributed by atoms with E-state index in [0.29, 0.717) is 38.3 Å². The van der Waals surface area contributed by atoms with Crippen LogP contribution >= 0.6 is 0 Å². The van der Waals surface area contributed by atoms with Crippen LogP contribution in [-0.4, -0.2) is 41.8 Å². The van der Waals surface area contributed by atoms with Gasteiger partial charge in [0.15, 0.2) is 0 Å². The number of aryl methyl sites for hydroxylation is 2. The normalized spacial score (nSPS) is 19.9. The number of likely N-dealkylation sites (tertiary alicyclic amines) is 1. The van der Waals surface area contributed by atoms with Crippen molar-refractivity contribution in [3.8, 4) is 0 Å². The first-order valence-electron chi connectivity index (χ1n) is 10.5. The number of carbonyl (C=O) groups is 2. The minimum Gasteiger partial charge on any atom is -0.369 e. The summed E-state index contributed by atoms with van der Waals surface area (Å²) in [5.41, 5.74) is 9.75. The number of nitrogens with zero attached hydrogens (tertiary/aromatic N) is 3. The molecule has 4 rings (SSSR count). The van der Waals surface area contributed by atoms with Crippen molar-refractivity contribution in [1.82, 2.24) is 4.90 Å². The summed E-state index contributed by atoms with van der Waals surface area (Å²) in [5.74, 6) is 0.336. The lowest BCUT2D eigenvalue weighted by Gasteiger charge is -2.35. The van der Waals surface area contributed by atoms with E-state index in [4.69, 9.17) is 10.7 Å². The molecule has 156 valence electrons. The van der Waals surface area contributed by atoms with Gasteiger partial charge in [0.2, 0.25) is 11.9 Å². The Balaban J connectivity index is 1.64. The topological polar surface area (TPSA) is 79.0 Å². The zero-order chi connectivity index (χ0) is 21.3. The molecular formula is C24H28N4O2. The van der Waals surface area contributed by atoms with E-state index in [-0.39, 0.29) is 17.7 Å². The largest absolute Gasteiger partial charge is 0.369 e. The predicted octanol–water partition coefficient (Wildman–Crippen LogP) is 2.81. The third-order valence-corrected chi connectivity index (χ3v) is 6.18. The third-order valence-electron chi connectivity index (χ3n) is 6.18. The molecule has 0 aliphatic carbocycles. The molecule has 2 heterocycles. The van der Waals surface area contributed by atoms with Gasteiger partial charge in [-0.3, -0.25) is 9.59 Å². The molecule has 2 aromatic rings. The number of guanidine groups is 1. The first-order chi connectivity index (χ1) is 14.4. The molecule has 2 aliphatic heterocycles. The second kappa shape index (κ2) is 8.30. The van der Waals surface area contributed by atoms with Gasteiger partial charge in [0.05, 0.1) is 5.69 Å². The molecule has 2 amide bonds. The highest BCUT2D eigenvalue weighted by atomic mass is 16.2. The summed E-state index contributed by atoms with van der Waals surface area (Å²) in [7, 11) is 0. The van der Waals surface area contributed by atoms with Gasteiger partial charge in [-0.15, -0.1) is 0 Å². The van der Waals surface area contributed by atoms with Crippen LogP contribution in [0.2, 0.25) is 0 Å². The van der Waals surface area contributed by atoms with E-state index in [0.717, 1.165) is 16.8 Å². The molecule has 1 unspecified atom stereocenters. The fourth-order valence-electron chi connectivity index (χ4n) is 4.16. The molecule has 2 aromatic carbocycles. The number of nitrogens with two attached hydrogens (primary N) is 1. The summed E-state index contributed by atoms with van der Waals surface area (Å²) < 4.78 is 0. The van der Waals surface area contributed by atoms with E-state index >= 15 is 0 Å². The smallest absolute Gasteiger partial charge is 0.259 e. The predicted molar refractivity (Wildman–Crippen MR) is 118 cm³/mol. The van der Waals surface area contributed by atoms with E-state index in [1.807, 2.05) is 48.5 Å². The van der Waals surface area contributed by atoms with Crippen LogP contribution in [0, 0.1) is 19.8 Å². The summed E-state index contributed by atoms with van der Waals surface area (Å²) >= 11 is 0. The van der Waals surface area contributed by atoms with Crippen molar-refractivity contribution in [2.24, 2.45) is 16.6 Å². The minimum absolute atomic E-state index is 0.00543. The average Bonchev–Trinajstić information content (AvgIpc) is 3.07. The van der Waals surface area contributed by atoms with Gasteiger partial charge in [0, 0.05) is 25.4 Å².